The second-order valence-corrected chi connectivity index (χ2v) is 7.40. The lowest BCUT2D eigenvalue weighted by atomic mass is 10.2. The number of ether oxygens (including phenoxy) is 1. The molecule has 1 fully saturated rings. The fourth-order valence-electron chi connectivity index (χ4n) is 3.54. The maximum absolute atomic E-state index is 5.41. The minimum atomic E-state index is 0.317. The van der Waals surface area contributed by atoms with Gasteiger partial charge in [0.2, 0.25) is 0 Å². The van der Waals surface area contributed by atoms with Crippen molar-refractivity contribution in [3.05, 3.63) is 28.7 Å². The molecule has 0 spiro atoms. The van der Waals surface area contributed by atoms with Crippen molar-refractivity contribution in [1.29, 1.82) is 0 Å². The van der Waals surface area contributed by atoms with Crippen LogP contribution in [-0.4, -0.2) is 38.2 Å². The summed E-state index contributed by atoms with van der Waals surface area (Å²) in [5.74, 6) is 0.915. The Morgan fingerprint density at radius 2 is 2.33 bits per heavy atom. The summed E-state index contributed by atoms with van der Waals surface area (Å²) < 4.78 is 7.33. The van der Waals surface area contributed by atoms with Crippen molar-refractivity contribution < 1.29 is 4.74 Å². The molecule has 1 aliphatic carbocycles. The number of nitrogens with zero attached hydrogens (tertiary/aromatic N) is 5. The zero-order valence-electron chi connectivity index (χ0n) is 13.2. The van der Waals surface area contributed by atoms with E-state index in [0.29, 0.717) is 12.6 Å². The standard InChI is InChI=1S/C16H18N6OS/c1-2-12-13(3-1)24-16-14(12)15(18-9-19-16)17-6-10-7-22(21-20-10)11-4-5-23-8-11/h7,9,11H,1-6,8H2,(H,17,18,19). The number of anilines is 1. The van der Waals surface area contributed by atoms with Crippen molar-refractivity contribution in [2.24, 2.45) is 0 Å². The van der Waals surface area contributed by atoms with Gasteiger partial charge in [-0.05, 0) is 31.2 Å². The molecule has 1 N–H and O–H groups in total. The molecular formula is C16H18N6OS. The van der Waals surface area contributed by atoms with Gasteiger partial charge in [-0.15, -0.1) is 16.4 Å². The molecule has 1 aliphatic heterocycles. The van der Waals surface area contributed by atoms with E-state index in [1.165, 1.54) is 28.7 Å². The van der Waals surface area contributed by atoms with E-state index in [9.17, 15) is 0 Å². The van der Waals surface area contributed by atoms with Crippen molar-refractivity contribution in [1.82, 2.24) is 25.0 Å². The average Bonchev–Trinajstić information content (AvgIpc) is 3.34. The van der Waals surface area contributed by atoms with Crippen LogP contribution in [0.3, 0.4) is 0 Å². The first kappa shape index (κ1) is 14.3. The second kappa shape index (κ2) is 5.78. The SMILES string of the molecule is c1nc(NCc2cn(C3CCOC3)nn2)c2c3c(sc2n1)CCC3. The van der Waals surface area contributed by atoms with Gasteiger partial charge in [-0.3, -0.25) is 0 Å². The van der Waals surface area contributed by atoms with Crippen LogP contribution in [0.4, 0.5) is 5.82 Å². The summed E-state index contributed by atoms with van der Waals surface area (Å²) >= 11 is 1.81. The number of hydrogen-bond acceptors (Lipinski definition) is 7. The molecule has 0 aromatic carbocycles. The summed E-state index contributed by atoms with van der Waals surface area (Å²) in [6.45, 7) is 2.15. The molecule has 124 valence electrons. The monoisotopic (exact) mass is 342 g/mol. The molecule has 0 amide bonds. The van der Waals surface area contributed by atoms with Gasteiger partial charge in [-0.1, -0.05) is 5.21 Å². The van der Waals surface area contributed by atoms with Crippen LogP contribution in [0.15, 0.2) is 12.5 Å². The third-order valence-corrected chi connectivity index (χ3v) is 5.98. The van der Waals surface area contributed by atoms with Crippen LogP contribution in [-0.2, 0) is 24.1 Å². The van der Waals surface area contributed by atoms with Gasteiger partial charge >= 0.3 is 0 Å². The van der Waals surface area contributed by atoms with E-state index >= 15 is 0 Å². The van der Waals surface area contributed by atoms with Gasteiger partial charge in [0.05, 0.1) is 30.8 Å². The highest BCUT2D eigenvalue weighted by Gasteiger charge is 2.22. The third-order valence-electron chi connectivity index (χ3n) is 4.78. The van der Waals surface area contributed by atoms with Crippen LogP contribution in [0, 0.1) is 0 Å². The Kier molecular flexibility index (Phi) is 3.45. The van der Waals surface area contributed by atoms with Crippen LogP contribution >= 0.6 is 11.3 Å². The topological polar surface area (TPSA) is 77.8 Å². The van der Waals surface area contributed by atoms with Gasteiger partial charge in [0, 0.05) is 11.5 Å². The fraction of sp³-hybridized carbons (Fsp3) is 0.500. The van der Waals surface area contributed by atoms with Crippen LogP contribution in [0.5, 0.6) is 0 Å². The van der Waals surface area contributed by atoms with Crippen molar-refractivity contribution in [2.75, 3.05) is 18.5 Å². The quantitative estimate of drug-likeness (QED) is 0.784. The van der Waals surface area contributed by atoms with Crippen molar-refractivity contribution in [3.8, 4) is 0 Å². The Labute approximate surface area is 143 Å². The summed E-state index contributed by atoms with van der Waals surface area (Å²) in [5, 5.41) is 13.1. The normalized spacial score (nSPS) is 19.9. The fourth-order valence-corrected chi connectivity index (χ4v) is 4.77. The summed E-state index contributed by atoms with van der Waals surface area (Å²) in [7, 11) is 0. The minimum absolute atomic E-state index is 0.317. The van der Waals surface area contributed by atoms with Gasteiger partial charge in [0.15, 0.2) is 0 Å². The predicted octanol–water partition coefficient (Wildman–Crippen LogP) is 2.34. The van der Waals surface area contributed by atoms with Gasteiger partial charge in [-0.25, -0.2) is 14.6 Å². The number of aromatic nitrogens is 5. The van der Waals surface area contributed by atoms with E-state index in [4.69, 9.17) is 4.74 Å². The van der Waals surface area contributed by atoms with Crippen LogP contribution in [0.2, 0.25) is 0 Å². The molecule has 7 nitrogen and oxygen atoms in total. The number of aryl methyl sites for hydroxylation is 2. The predicted molar refractivity (Wildman–Crippen MR) is 91.3 cm³/mol. The molecule has 2 aliphatic rings. The molecule has 3 aromatic heterocycles. The molecule has 0 saturated carbocycles. The number of hydrogen-bond donors (Lipinski definition) is 1. The summed E-state index contributed by atoms with van der Waals surface area (Å²) in [6, 6.07) is 0.317. The molecule has 1 atom stereocenters. The van der Waals surface area contributed by atoms with E-state index in [1.54, 1.807) is 17.7 Å². The van der Waals surface area contributed by atoms with Gasteiger partial charge in [0.1, 0.15) is 22.7 Å². The number of thiophene rings is 1. The van der Waals surface area contributed by atoms with E-state index < -0.39 is 0 Å². The highest BCUT2D eigenvalue weighted by molar-refractivity contribution is 7.19. The van der Waals surface area contributed by atoms with Gasteiger partial charge < -0.3 is 10.1 Å². The number of fused-ring (bicyclic) bond motifs is 3. The molecule has 1 unspecified atom stereocenters. The zero-order valence-corrected chi connectivity index (χ0v) is 14.1. The largest absolute Gasteiger partial charge is 0.379 e. The first-order valence-electron chi connectivity index (χ1n) is 8.36. The Morgan fingerprint density at radius 3 is 3.25 bits per heavy atom. The number of nitrogens with one attached hydrogen (secondary N) is 1. The van der Waals surface area contributed by atoms with Crippen molar-refractivity contribution >= 4 is 27.4 Å². The smallest absolute Gasteiger partial charge is 0.138 e. The lowest BCUT2D eigenvalue weighted by Gasteiger charge is -2.06. The Balaban J connectivity index is 1.38. The molecule has 4 heterocycles. The van der Waals surface area contributed by atoms with Gasteiger partial charge in [0.25, 0.3) is 0 Å². The highest BCUT2D eigenvalue weighted by atomic mass is 32.1. The Hall–Kier alpha value is -2.06. The molecular weight excluding hydrogens is 324 g/mol. The maximum atomic E-state index is 5.41. The summed E-state index contributed by atoms with van der Waals surface area (Å²) in [4.78, 5) is 11.5. The van der Waals surface area contributed by atoms with Gasteiger partial charge in [-0.2, -0.15) is 0 Å². The highest BCUT2D eigenvalue weighted by Crippen LogP contribution is 2.39. The van der Waals surface area contributed by atoms with Crippen LogP contribution < -0.4 is 5.32 Å². The molecule has 0 radical (unpaired) electrons. The molecule has 0 bridgehead atoms. The zero-order chi connectivity index (χ0) is 15.9. The third kappa shape index (κ3) is 2.37. The van der Waals surface area contributed by atoms with Crippen LogP contribution in [0.1, 0.15) is 35.0 Å². The molecule has 8 heteroatoms. The lowest BCUT2D eigenvalue weighted by molar-refractivity contribution is 0.184. The average molecular weight is 342 g/mol. The first-order valence-corrected chi connectivity index (χ1v) is 9.18. The first-order chi connectivity index (χ1) is 11.9. The Morgan fingerprint density at radius 1 is 1.33 bits per heavy atom. The summed E-state index contributed by atoms with van der Waals surface area (Å²) in [5.41, 5.74) is 2.35. The minimum Gasteiger partial charge on any atom is -0.379 e. The lowest BCUT2D eigenvalue weighted by Crippen LogP contribution is -2.09. The maximum Gasteiger partial charge on any atom is 0.138 e. The molecule has 3 aromatic rings. The van der Waals surface area contributed by atoms with E-state index in [-0.39, 0.29) is 0 Å². The van der Waals surface area contributed by atoms with Crippen LogP contribution in [0.25, 0.3) is 10.2 Å². The summed E-state index contributed by atoms with van der Waals surface area (Å²) in [6.07, 6.45) is 8.20. The molecule has 5 rings (SSSR count). The van der Waals surface area contributed by atoms with E-state index in [1.807, 2.05) is 10.9 Å². The molecule has 1 saturated heterocycles. The van der Waals surface area contributed by atoms with E-state index in [0.717, 1.165) is 42.4 Å². The van der Waals surface area contributed by atoms with E-state index in [2.05, 4.69) is 25.6 Å². The van der Waals surface area contributed by atoms with Crippen molar-refractivity contribution in [3.63, 3.8) is 0 Å². The molecule has 24 heavy (non-hydrogen) atoms. The number of rotatable bonds is 4. The van der Waals surface area contributed by atoms with Crippen molar-refractivity contribution in [2.45, 2.75) is 38.3 Å². The second-order valence-electron chi connectivity index (χ2n) is 6.32. The Bertz CT molecular complexity index is 882.